The van der Waals surface area contributed by atoms with Crippen molar-refractivity contribution in [3.63, 3.8) is 0 Å². The first kappa shape index (κ1) is 22.9. The fourth-order valence-electron chi connectivity index (χ4n) is 2.90. The van der Waals surface area contributed by atoms with Crippen LogP contribution in [0, 0.1) is 0 Å². The number of pyridine rings is 1. The van der Waals surface area contributed by atoms with Crippen molar-refractivity contribution in [2.45, 2.75) is 44.2 Å². The van der Waals surface area contributed by atoms with E-state index in [-0.39, 0.29) is 10.9 Å². The maximum atomic E-state index is 13.1. The fraction of sp³-hybridized carbons (Fsp3) is 0.286. The van der Waals surface area contributed by atoms with Gasteiger partial charge in [-0.25, -0.2) is 17.9 Å². The van der Waals surface area contributed by atoms with Crippen LogP contribution in [0.1, 0.15) is 39.4 Å². The van der Waals surface area contributed by atoms with Crippen LogP contribution in [-0.2, 0) is 10.0 Å². The molecular formula is C21H25N5O3S2. The van der Waals surface area contributed by atoms with Gasteiger partial charge < -0.3 is 10.6 Å². The third-order valence-corrected chi connectivity index (χ3v) is 6.75. The first-order valence-corrected chi connectivity index (χ1v) is 12.0. The van der Waals surface area contributed by atoms with Gasteiger partial charge in [-0.1, -0.05) is 12.1 Å². The Balaban J connectivity index is 1.87. The molecule has 3 rings (SSSR count). The molecule has 0 saturated heterocycles. The van der Waals surface area contributed by atoms with E-state index in [0.29, 0.717) is 16.1 Å². The molecule has 0 fully saturated rings. The highest BCUT2D eigenvalue weighted by Crippen LogP contribution is 2.32. The molecule has 2 amide bonds. The zero-order chi connectivity index (χ0) is 22.6. The Morgan fingerprint density at radius 3 is 2.55 bits per heavy atom. The molecule has 3 aromatic rings. The summed E-state index contributed by atoms with van der Waals surface area (Å²) in [7, 11) is -3.85. The monoisotopic (exact) mass is 459 g/mol. The van der Waals surface area contributed by atoms with E-state index in [1.165, 1.54) is 17.4 Å². The number of hydrogen-bond donors (Lipinski definition) is 3. The van der Waals surface area contributed by atoms with Gasteiger partial charge in [0, 0.05) is 29.2 Å². The SMILES string of the molecule is C[C@@H](NC(=O)Nc1ccc(-c2cncs2)c(S(=O)(=O)NC(C)(C)C)c1)c1ccccn1. The van der Waals surface area contributed by atoms with Gasteiger partial charge in [0.1, 0.15) is 0 Å². The van der Waals surface area contributed by atoms with E-state index in [1.54, 1.807) is 56.9 Å². The first-order chi connectivity index (χ1) is 14.5. The van der Waals surface area contributed by atoms with E-state index < -0.39 is 21.6 Å². The number of anilines is 1. The summed E-state index contributed by atoms with van der Waals surface area (Å²) < 4.78 is 28.9. The number of nitrogens with one attached hydrogen (secondary N) is 3. The number of nitrogens with zero attached hydrogens (tertiary/aromatic N) is 2. The summed E-state index contributed by atoms with van der Waals surface area (Å²) >= 11 is 1.34. The van der Waals surface area contributed by atoms with Crippen LogP contribution < -0.4 is 15.4 Å². The lowest BCUT2D eigenvalue weighted by molar-refractivity contribution is 0.249. The number of sulfonamides is 1. The number of aromatic nitrogens is 2. The molecule has 0 unspecified atom stereocenters. The van der Waals surface area contributed by atoms with Gasteiger partial charge in [-0.3, -0.25) is 9.97 Å². The van der Waals surface area contributed by atoms with Crippen LogP contribution in [0.5, 0.6) is 0 Å². The molecule has 0 bridgehead atoms. The van der Waals surface area contributed by atoms with E-state index in [2.05, 4.69) is 25.3 Å². The molecule has 1 atom stereocenters. The van der Waals surface area contributed by atoms with E-state index in [9.17, 15) is 13.2 Å². The summed E-state index contributed by atoms with van der Waals surface area (Å²) in [5.74, 6) is 0. The minimum atomic E-state index is -3.85. The first-order valence-electron chi connectivity index (χ1n) is 9.60. The van der Waals surface area contributed by atoms with Gasteiger partial charge in [0.15, 0.2) is 0 Å². The maximum Gasteiger partial charge on any atom is 0.319 e. The fourth-order valence-corrected chi connectivity index (χ4v) is 5.30. The number of hydrogen-bond acceptors (Lipinski definition) is 6. The average molecular weight is 460 g/mol. The Hall–Kier alpha value is -2.82. The van der Waals surface area contributed by atoms with Gasteiger partial charge in [0.25, 0.3) is 0 Å². The maximum absolute atomic E-state index is 13.1. The largest absolute Gasteiger partial charge is 0.330 e. The third-order valence-electron chi connectivity index (χ3n) is 4.15. The summed E-state index contributed by atoms with van der Waals surface area (Å²) in [6, 6.07) is 9.47. The van der Waals surface area contributed by atoms with E-state index in [1.807, 2.05) is 19.1 Å². The Morgan fingerprint density at radius 1 is 1.16 bits per heavy atom. The summed E-state index contributed by atoms with van der Waals surface area (Å²) in [5, 5.41) is 5.51. The average Bonchev–Trinajstić information content (AvgIpc) is 3.21. The number of rotatable bonds is 6. The van der Waals surface area contributed by atoms with E-state index >= 15 is 0 Å². The second-order valence-corrected chi connectivity index (χ2v) is 10.5. The van der Waals surface area contributed by atoms with Crippen LogP contribution in [0.2, 0.25) is 0 Å². The van der Waals surface area contributed by atoms with Crippen LogP contribution in [0.4, 0.5) is 10.5 Å². The van der Waals surface area contributed by atoms with Crippen LogP contribution in [0.25, 0.3) is 10.4 Å². The lowest BCUT2D eigenvalue weighted by atomic mass is 10.1. The van der Waals surface area contributed by atoms with Crippen molar-refractivity contribution >= 4 is 33.1 Å². The smallest absolute Gasteiger partial charge is 0.319 e. The topological polar surface area (TPSA) is 113 Å². The molecule has 164 valence electrons. The summed E-state index contributed by atoms with van der Waals surface area (Å²) in [5.41, 5.74) is 2.57. The molecular weight excluding hydrogens is 434 g/mol. The highest BCUT2D eigenvalue weighted by molar-refractivity contribution is 7.89. The Labute approximate surface area is 186 Å². The van der Waals surface area contributed by atoms with Gasteiger partial charge >= 0.3 is 6.03 Å². The number of amides is 2. The van der Waals surface area contributed by atoms with Crippen molar-refractivity contribution in [1.29, 1.82) is 0 Å². The molecule has 0 aliphatic carbocycles. The minimum absolute atomic E-state index is 0.0715. The second-order valence-electron chi connectivity index (χ2n) is 8.01. The van der Waals surface area contributed by atoms with Crippen LogP contribution in [-0.4, -0.2) is 30.0 Å². The van der Waals surface area contributed by atoms with E-state index in [0.717, 1.165) is 5.69 Å². The van der Waals surface area contributed by atoms with Crippen molar-refractivity contribution in [2.75, 3.05) is 5.32 Å². The Kier molecular flexibility index (Phi) is 6.73. The second kappa shape index (κ2) is 9.13. The van der Waals surface area contributed by atoms with Crippen molar-refractivity contribution in [3.8, 4) is 10.4 Å². The zero-order valence-corrected chi connectivity index (χ0v) is 19.3. The Morgan fingerprint density at radius 2 is 1.94 bits per heavy atom. The highest BCUT2D eigenvalue weighted by atomic mass is 32.2. The molecule has 0 spiro atoms. The summed E-state index contributed by atoms with van der Waals surface area (Å²) in [6.07, 6.45) is 3.27. The standard InChI is InChI=1S/C21H25N5O3S2/c1-14(17-7-5-6-10-23-17)24-20(27)25-15-8-9-16(18-12-22-13-30-18)19(11-15)31(28,29)26-21(2,3)4/h5-14,26H,1-4H3,(H2,24,25,27)/t14-/m1/s1. The number of urea groups is 1. The van der Waals surface area contributed by atoms with Crippen molar-refractivity contribution in [3.05, 3.63) is 60.0 Å². The molecule has 8 nitrogen and oxygen atoms in total. The van der Waals surface area contributed by atoms with Crippen molar-refractivity contribution in [1.82, 2.24) is 20.0 Å². The molecule has 0 saturated carbocycles. The van der Waals surface area contributed by atoms with Crippen LogP contribution in [0.15, 0.2) is 59.2 Å². The molecule has 0 radical (unpaired) electrons. The minimum Gasteiger partial charge on any atom is -0.330 e. The normalized spacial score (nSPS) is 12.9. The van der Waals surface area contributed by atoms with Gasteiger partial charge in [-0.05, 0) is 52.0 Å². The number of carbonyl (C=O) groups is 1. The lowest BCUT2D eigenvalue weighted by Crippen LogP contribution is -2.40. The van der Waals surface area contributed by atoms with Crippen molar-refractivity contribution < 1.29 is 13.2 Å². The lowest BCUT2D eigenvalue weighted by Gasteiger charge is -2.22. The number of carbonyl (C=O) groups excluding carboxylic acids is 1. The summed E-state index contributed by atoms with van der Waals surface area (Å²) in [6.45, 7) is 7.13. The molecule has 2 aromatic heterocycles. The molecule has 10 heteroatoms. The third kappa shape index (κ3) is 6.09. The molecule has 1 aromatic carbocycles. The molecule has 0 aliphatic rings. The van der Waals surface area contributed by atoms with E-state index in [4.69, 9.17) is 0 Å². The van der Waals surface area contributed by atoms with Gasteiger partial charge in [-0.2, -0.15) is 0 Å². The molecule has 0 aliphatic heterocycles. The van der Waals surface area contributed by atoms with Gasteiger partial charge in [0.2, 0.25) is 10.0 Å². The van der Waals surface area contributed by atoms with Crippen molar-refractivity contribution in [2.24, 2.45) is 0 Å². The molecule has 3 N–H and O–H groups in total. The molecule has 31 heavy (non-hydrogen) atoms. The van der Waals surface area contributed by atoms with Crippen LogP contribution in [0.3, 0.4) is 0 Å². The quantitative estimate of drug-likeness (QED) is 0.512. The predicted molar refractivity (Wildman–Crippen MR) is 122 cm³/mol. The van der Waals surface area contributed by atoms with Gasteiger partial charge in [0.05, 0.1) is 27.0 Å². The Bertz CT molecular complexity index is 1140. The zero-order valence-electron chi connectivity index (χ0n) is 17.7. The van der Waals surface area contributed by atoms with Crippen LogP contribution >= 0.6 is 11.3 Å². The van der Waals surface area contributed by atoms with Gasteiger partial charge in [-0.15, -0.1) is 11.3 Å². The number of thiazole rings is 1. The predicted octanol–water partition coefficient (Wildman–Crippen LogP) is 4.16. The molecule has 2 heterocycles. The summed E-state index contributed by atoms with van der Waals surface area (Å²) in [4.78, 5) is 21.5. The highest BCUT2D eigenvalue weighted by Gasteiger charge is 2.26. The number of benzene rings is 1.